The number of aromatic amines is 1. The maximum absolute atomic E-state index is 12.2. The number of aryl methyl sites for hydroxylation is 1. The highest BCUT2D eigenvalue weighted by Crippen LogP contribution is 2.41. The number of carbonyl (C=O) groups excluding carboxylic acids is 1. The summed E-state index contributed by atoms with van der Waals surface area (Å²) in [6.45, 7) is 2.64. The lowest BCUT2D eigenvalue weighted by Crippen LogP contribution is -2.41. The minimum Gasteiger partial charge on any atom is -0.336 e. The molecule has 0 spiro atoms. The van der Waals surface area contributed by atoms with Crippen molar-refractivity contribution in [2.75, 3.05) is 6.54 Å². The Bertz CT molecular complexity index is 867. The predicted molar refractivity (Wildman–Crippen MR) is 94.5 cm³/mol. The molecule has 1 fully saturated rings. The second kappa shape index (κ2) is 7.38. The van der Waals surface area contributed by atoms with Gasteiger partial charge in [0, 0.05) is 25.4 Å². The predicted octanol–water partition coefficient (Wildman–Crippen LogP) is 1.30. The van der Waals surface area contributed by atoms with Crippen molar-refractivity contribution in [1.29, 1.82) is 0 Å². The molecule has 0 aliphatic heterocycles. The van der Waals surface area contributed by atoms with Crippen molar-refractivity contribution < 1.29 is 4.79 Å². The van der Waals surface area contributed by atoms with Gasteiger partial charge in [0.25, 0.3) is 5.56 Å². The lowest BCUT2D eigenvalue weighted by atomic mass is 9.98. The maximum Gasteiger partial charge on any atom is 0.328 e. The molecule has 7 heteroatoms. The average molecular weight is 342 g/mol. The summed E-state index contributed by atoms with van der Waals surface area (Å²) in [7, 11) is 0. The highest BCUT2D eigenvalue weighted by atomic mass is 16.2. The Labute approximate surface area is 145 Å². The number of urea groups is 1. The van der Waals surface area contributed by atoms with Crippen LogP contribution in [0.15, 0.2) is 46.1 Å². The zero-order valence-corrected chi connectivity index (χ0v) is 14.1. The topological polar surface area (TPSA) is 96.0 Å². The number of nitrogens with one attached hydrogen (secondary N) is 3. The van der Waals surface area contributed by atoms with Gasteiger partial charge in [0.2, 0.25) is 0 Å². The summed E-state index contributed by atoms with van der Waals surface area (Å²) in [4.78, 5) is 37.0. The number of nitrogens with zero attached hydrogens (tertiary/aromatic N) is 1. The van der Waals surface area contributed by atoms with Gasteiger partial charge in [0.15, 0.2) is 0 Å². The monoisotopic (exact) mass is 342 g/mol. The van der Waals surface area contributed by atoms with Crippen molar-refractivity contribution >= 4 is 6.03 Å². The SMILES string of the molecule is Cc1ccccc1C(NC(=O)NCCn1ccc(=O)[nH]c1=O)C1CC1. The summed E-state index contributed by atoms with van der Waals surface area (Å²) < 4.78 is 1.35. The second-order valence-corrected chi connectivity index (χ2v) is 6.38. The molecule has 2 aromatic rings. The summed E-state index contributed by atoms with van der Waals surface area (Å²) in [6, 6.07) is 9.12. The van der Waals surface area contributed by atoms with E-state index in [2.05, 4.69) is 21.7 Å². The van der Waals surface area contributed by atoms with Crippen LogP contribution in [-0.4, -0.2) is 22.1 Å². The molecule has 0 saturated heterocycles. The molecule has 1 aliphatic rings. The van der Waals surface area contributed by atoms with Gasteiger partial charge in [-0.2, -0.15) is 0 Å². The fourth-order valence-electron chi connectivity index (χ4n) is 2.92. The third-order valence-electron chi connectivity index (χ3n) is 4.44. The Morgan fingerprint density at radius 3 is 2.72 bits per heavy atom. The molecule has 1 aliphatic carbocycles. The number of hydrogen-bond donors (Lipinski definition) is 3. The lowest BCUT2D eigenvalue weighted by molar-refractivity contribution is 0.235. The van der Waals surface area contributed by atoms with Crippen LogP contribution in [0.2, 0.25) is 0 Å². The van der Waals surface area contributed by atoms with Crippen molar-refractivity contribution in [3.8, 4) is 0 Å². The highest BCUT2D eigenvalue weighted by Gasteiger charge is 2.34. The molecule has 132 valence electrons. The largest absolute Gasteiger partial charge is 0.336 e. The number of rotatable bonds is 6. The van der Waals surface area contributed by atoms with E-state index in [1.54, 1.807) is 0 Å². The number of benzene rings is 1. The standard InChI is InChI=1S/C18H22N4O3/c1-12-4-2-3-5-14(12)16(13-6-7-13)21-17(24)19-9-11-22-10-8-15(23)20-18(22)25/h2-5,8,10,13,16H,6-7,9,11H2,1H3,(H2,19,21,24)(H,20,23,25). The molecule has 0 radical (unpaired) electrons. The van der Waals surface area contributed by atoms with Gasteiger partial charge in [-0.15, -0.1) is 0 Å². The van der Waals surface area contributed by atoms with E-state index < -0.39 is 11.2 Å². The Morgan fingerprint density at radius 2 is 2.04 bits per heavy atom. The van der Waals surface area contributed by atoms with Gasteiger partial charge < -0.3 is 10.6 Å². The first-order valence-corrected chi connectivity index (χ1v) is 8.44. The molecule has 1 heterocycles. The summed E-state index contributed by atoms with van der Waals surface area (Å²) in [6.07, 6.45) is 3.65. The number of H-pyrrole nitrogens is 1. The van der Waals surface area contributed by atoms with Crippen molar-refractivity contribution in [2.24, 2.45) is 5.92 Å². The van der Waals surface area contributed by atoms with Crippen LogP contribution < -0.4 is 21.9 Å². The average Bonchev–Trinajstić information content (AvgIpc) is 3.40. The molecular formula is C18H22N4O3. The van der Waals surface area contributed by atoms with E-state index in [4.69, 9.17) is 0 Å². The molecule has 1 aromatic heterocycles. The molecule has 7 nitrogen and oxygen atoms in total. The molecule has 0 bridgehead atoms. The van der Waals surface area contributed by atoms with Gasteiger partial charge in [0.1, 0.15) is 0 Å². The van der Waals surface area contributed by atoms with Crippen molar-refractivity contribution in [3.63, 3.8) is 0 Å². The van der Waals surface area contributed by atoms with Crippen LogP contribution in [0.5, 0.6) is 0 Å². The first-order valence-electron chi connectivity index (χ1n) is 8.44. The molecule has 3 N–H and O–H groups in total. The summed E-state index contributed by atoms with van der Waals surface area (Å²) in [5.41, 5.74) is 1.40. The van der Waals surface area contributed by atoms with Gasteiger partial charge in [-0.1, -0.05) is 24.3 Å². The van der Waals surface area contributed by atoms with E-state index in [-0.39, 0.29) is 12.1 Å². The number of aromatic nitrogens is 2. The minimum atomic E-state index is -0.481. The van der Waals surface area contributed by atoms with E-state index in [0.29, 0.717) is 19.0 Å². The van der Waals surface area contributed by atoms with Gasteiger partial charge >= 0.3 is 11.7 Å². The highest BCUT2D eigenvalue weighted by molar-refractivity contribution is 5.74. The van der Waals surface area contributed by atoms with Crippen LogP contribution >= 0.6 is 0 Å². The third-order valence-corrected chi connectivity index (χ3v) is 4.44. The van der Waals surface area contributed by atoms with E-state index in [1.165, 1.54) is 22.4 Å². The summed E-state index contributed by atoms with van der Waals surface area (Å²) in [5.74, 6) is 0.480. The summed E-state index contributed by atoms with van der Waals surface area (Å²) >= 11 is 0. The van der Waals surface area contributed by atoms with Crippen LogP contribution in [0.25, 0.3) is 0 Å². The van der Waals surface area contributed by atoms with Gasteiger partial charge in [0.05, 0.1) is 6.04 Å². The molecule has 3 rings (SSSR count). The molecule has 1 saturated carbocycles. The number of carbonyl (C=O) groups is 1. The smallest absolute Gasteiger partial charge is 0.328 e. The molecule has 25 heavy (non-hydrogen) atoms. The fraction of sp³-hybridized carbons (Fsp3) is 0.389. The Hall–Kier alpha value is -2.83. The third kappa shape index (κ3) is 4.37. The van der Waals surface area contributed by atoms with Gasteiger partial charge in [-0.3, -0.25) is 14.3 Å². The van der Waals surface area contributed by atoms with Crippen molar-refractivity contribution in [2.45, 2.75) is 32.4 Å². The zero-order valence-electron chi connectivity index (χ0n) is 14.1. The number of amides is 2. The van der Waals surface area contributed by atoms with Crippen LogP contribution in [0.3, 0.4) is 0 Å². The first-order chi connectivity index (χ1) is 12.0. The van der Waals surface area contributed by atoms with Crippen LogP contribution in [0, 0.1) is 12.8 Å². The van der Waals surface area contributed by atoms with Gasteiger partial charge in [-0.05, 0) is 36.8 Å². The van der Waals surface area contributed by atoms with E-state index >= 15 is 0 Å². The fourth-order valence-corrected chi connectivity index (χ4v) is 2.92. The molecule has 2 amide bonds. The van der Waals surface area contributed by atoms with Crippen molar-refractivity contribution in [1.82, 2.24) is 20.2 Å². The van der Waals surface area contributed by atoms with Crippen LogP contribution in [0.4, 0.5) is 4.79 Å². The molecule has 1 unspecified atom stereocenters. The molecular weight excluding hydrogens is 320 g/mol. The van der Waals surface area contributed by atoms with Crippen LogP contribution in [0.1, 0.15) is 30.0 Å². The first kappa shape index (κ1) is 17.0. The van der Waals surface area contributed by atoms with E-state index in [1.807, 2.05) is 25.1 Å². The molecule has 1 atom stereocenters. The molecule has 1 aromatic carbocycles. The van der Waals surface area contributed by atoms with Crippen LogP contribution in [-0.2, 0) is 6.54 Å². The van der Waals surface area contributed by atoms with E-state index in [0.717, 1.165) is 18.4 Å². The Balaban J connectivity index is 1.57. The van der Waals surface area contributed by atoms with Crippen molar-refractivity contribution in [3.05, 3.63) is 68.5 Å². The van der Waals surface area contributed by atoms with Gasteiger partial charge in [-0.25, -0.2) is 9.59 Å². The normalized spacial score (nSPS) is 14.8. The lowest BCUT2D eigenvalue weighted by Gasteiger charge is -2.21. The quantitative estimate of drug-likeness (QED) is 0.738. The van der Waals surface area contributed by atoms with E-state index in [9.17, 15) is 14.4 Å². The second-order valence-electron chi connectivity index (χ2n) is 6.38. The number of hydrogen-bond acceptors (Lipinski definition) is 3. The summed E-state index contributed by atoms with van der Waals surface area (Å²) in [5, 5.41) is 5.82. The maximum atomic E-state index is 12.2. The Morgan fingerprint density at radius 1 is 1.28 bits per heavy atom. The Kier molecular flexibility index (Phi) is 5.02. The zero-order chi connectivity index (χ0) is 17.8. The minimum absolute atomic E-state index is 0.0111.